The maximum absolute atomic E-state index is 13.8. The van der Waals surface area contributed by atoms with Crippen LogP contribution in [0.2, 0.25) is 0 Å². The van der Waals surface area contributed by atoms with Crippen molar-refractivity contribution in [3.63, 3.8) is 0 Å². The van der Waals surface area contributed by atoms with Crippen LogP contribution in [0.3, 0.4) is 0 Å². The Morgan fingerprint density at radius 1 is 1.17 bits per heavy atom. The van der Waals surface area contributed by atoms with Crippen LogP contribution in [0.1, 0.15) is 51.7 Å². The summed E-state index contributed by atoms with van der Waals surface area (Å²) in [5.74, 6) is -1.37. The van der Waals surface area contributed by atoms with Gasteiger partial charge in [0.25, 0.3) is 5.91 Å². The number of amides is 3. The first-order chi connectivity index (χ1) is 17.1. The molecule has 194 valence electrons. The molecule has 0 aromatic heterocycles. The Morgan fingerprint density at radius 3 is 2.39 bits per heavy atom. The molecule has 2 fully saturated rings. The number of piperidine rings is 1. The number of carbonyl (C=O) groups is 4. The van der Waals surface area contributed by atoms with Gasteiger partial charge in [-0.25, -0.2) is 0 Å². The Balaban J connectivity index is 1.48. The highest BCUT2D eigenvalue weighted by molar-refractivity contribution is 6.38. The molecule has 1 aliphatic heterocycles. The lowest BCUT2D eigenvalue weighted by Crippen LogP contribution is -2.56. The summed E-state index contributed by atoms with van der Waals surface area (Å²) in [6.45, 7) is 12.5. The van der Waals surface area contributed by atoms with Crippen molar-refractivity contribution >= 4 is 23.5 Å². The minimum Gasteiger partial charge on any atom is -0.346 e. The third-order valence-corrected chi connectivity index (χ3v) is 8.78. The predicted molar refractivity (Wildman–Crippen MR) is 138 cm³/mol. The van der Waals surface area contributed by atoms with Gasteiger partial charge in [-0.2, -0.15) is 0 Å². The van der Waals surface area contributed by atoms with Crippen molar-refractivity contribution in [1.82, 2.24) is 15.5 Å². The molecule has 1 heterocycles. The highest BCUT2D eigenvalue weighted by Gasteiger charge is 2.69. The number of fused-ring (bicyclic) bond motifs is 2. The topological polar surface area (TPSA) is 95.6 Å². The maximum atomic E-state index is 13.8. The Labute approximate surface area is 214 Å². The van der Waals surface area contributed by atoms with Gasteiger partial charge >= 0.3 is 0 Å². The van der Waals surface area contributed by atoms with Crippen molar-refractivity contribution in [3.8, 4) is 0 Å². The molecule has 1 unspecified atom stereocenters. The van der Waals surface area contributed by atoms with Crippen molar-refractivity contribution in [1.29, 1.82) is 0 Å². The molecule has 5 atom stereocenters. The van der Waals surface area contributed by atoms with Crippen LogP contribution in [0.5, 0.6) is 0 Å². The first kappa shape index (κ1) is 26.1. The number of nitrogens with zero attached hydrogens (tertiary/aromatic N) is 1. The standard InChI is InChI=1S/C29H39N3O4/c1-6-10-22(25(33)27(35)30-13-7-2)31-26(34)24-23-21(29(23,4)5)16-32(24)28(36)17(3)20-14-18-11-8-9-12-19(18)15-20/h7-9,11-12,17,20-24H,2,6,10,13-16H2,1,3-5H3,(H,30,35)(H,31,34)/t17-,21-,22?,23-,24-/m0/s1. The molecular weight excluding hydrogens is 454 g/mol. The lowest BCUT2D eigenvalue weighted by atomic mass is 9.89. The zero-order chi connectivity index (χ0) is 26.2. The fraction of sp³-hybridized carbons (Fsp3) is 0.586. The van der Waals surface area contributed by atoms with Crippen LogP contribution in [-0.4, -0.2) is 53.6 Å². The number of Topliss-reactive ketones (excluding diaryl/α,β-unsaturated/α-hetero) is 1. The zero-order valence-corrected chi connectivity index (χ0v) is 21.9. The number of hydrogen-bond donors (Lipinski definition) is 2. The molecule has 2 aliphatic carbocycles. The van der Waals surface area contributed by atoms with Crippen molar-refractivity contribution < 1.29 is 19.2 Å². The highest BCUT2D eigenvalue weighted by Crippen LogP contribution is 2.65. The van der Waals surface area contributed by atoms with Gasteiger partial charge in [-0.1, -0.05) is 64.5 Å². The highest BCUT2D eigenvalue weighted by atomic mass is 16.2. The molecule has 4 rings (SSSR count). The molecule has 3 aliphatic rings. The van der Waals surface area contributed by atoms with Gasteiger partial charge in [0, 0.05) is 19.0 Å². The average molecular weight is 494 g/mol. The second kappa shape index (κ2) is 10.2. The lowest BCUT2D eigenvalue weighted by molar-refractivity contribution is -0.145. The minimum absolute atomic E-state index is 0.0121. The van der Waals surface area contributed by atoms with Crippen LogP contribution in [0.25, 0.3) is 0 Å². The van der Waals surface area contributed by atoms with E-state index in [2.05, 4.69) is 43.2 Å². The third-order valence-electron chi connectivity index (χ3n) is 8.78. The van der Waals surface area contributed by atoms with Crippen LogP contribution in [0, 0.1) is 29.1 Å². The largest absolute Gasteiger partial charge is 0.346 e. The Morgan fingerprint density at radius 2 is 1.81 bits per heavy atom. The monoisotopic (exact) mass is 493 g/mol. The van der Waals surface area contributed by atoms with Gasteiger partial charge in [-0.15, -0.1) is 6.58 Å². The van der Waals surface area contributed by atoms with E-state index in [0.29, 0.717) is 19.4 Å². The Hall–Kier alpha value is -2.96. The first-order valence-corrected chi connectivity index (χ1v) is 13.2. The van der Waals surface area contributed by atoms with Gasteiger partial charge in [0.1, 0.15) is 6.04 Å². The number of rotatable bonds is 10. The molecule has 0 radical (unpaired) electrons. The number of carbonyl (C=O) groups excluding carboxylic acids is 4. The van der Waals surface area contributed by atoms with E-state index in [1.165, 1.54) is 17.2 Å². The van der Waals surface area contributed by atoms with E-state index in [-0.39, 0.29) is 47.4 Å². The van der Waals surface area contributed by atoms with E-state index >= 15 is 0 Å². The second-order valence-corrected chi connectivity index (χ2v) is 11.3. The molecule has 0 bridgehead atoms. The van der Waals surface area contributed by atoms with Crippen molar-refractivity contribution in [2.75, 3.05) is 13.1 Å². The quantitative estimate of drug-likeness (QED) is 0.387. The summed E-state index contributed by atoms with van der Waals surface area (Å²) >= 11 is 0. The molecule has 1 aromatic rings. The molecule has 1 saturated carbocycles. The molecule has 1 aromatic carbocycles. The van der Waals surface area contributed by atoms with E-state index in [4.69, 9.17) is 0 Å². The Bertz CT molecular complexity index is 1040. The van der Waals surface area contributed by atoms with Gasteiger partial charge < -0.3 is 15.5 Å². The Kier molecular flexibility index (Phi) is 7.39. The predicted octanol–water partition coefficient (Wildman–Crippen LogP) is 2.68. The van der Waals surface area contributed by atoms with E-state index in [9.17, 15) is 19.2 Å². The smallest absolute Gasteiger partial charge is 0.289 e. The minimum atomic E-state index is -0.910. The second-order valence-electron chi connectivity index (χ2n) is 11.3. The summed E-state index contributed by atoms with van der Waals surface area (Å²) in [5.41, 5.74) is 2.58. The van der Waals surface area contributed by atoms with Crippen molar-refractivity contribution in [2.24, 2.45) is 29.1 Å². The van der Waals surface area contributed by atoms with E-state index in [1.807, 2.05) is 26.0 Å². The summed E-state index contributed by atoms with van der Waals surface area (Å²) in [6, 6.07) is 6.81. The first-order valence-electron chi connectivity index (χ1n) is 13.2. The molecule has 0 spiro atoms. The maximum Gasteiger partial charge on any atom is 0.289 e. The van der Waals surface area contributed by atoms with Crippen LogP contribution in [-0.2, 0) is 32.0 Å². The molecule has 36 heavy (non-hydrogen) atoms. The van der Waals surface area contributed by atoms with E-state index in [1.54, 1.807) is 4.90 Å². The number of nitrogens with one attached hydrogen (secondary N) is 2. The number of benzene rings is 1. The summed E-state index contributed by atoms with van der Waals surface area (Å²) in [4.78, 5) is 54.2. The summed E-state index contributed by atoms with van der Waals surface area (Å²) in [5, 5.41) is 5.35. The average Bonchev–Trinajstić information content (AvgIpc) is 3.25. The fourth-order valence-electron chi connectivity index (χ4n) is 6.45. The van der Waals surface area contributed by atoms with Gasteiger partial charge in [-0.3, -0.25) is 19.2 Å². The van der Waals surface area contributed by atoms with Crippen molar-refractivity contribution in [3.05, 3.63) is 48.0 Å². The van der Waals surface area contributed by atoms with Gasteiger partial charge in [0.2, 0.25) is 17.6 Å². The van der Waals surface area contributed by atoms with Crippen molar-refractivity contribution in [2.45, 2.75) is 65.5 Å². The zero-order valence-electron chi connectivity index (χ0n) is 21.9. The normalized spacial score (nSPS) is 25.3. The van der Waals surface area contributed by atoms with Gasteiger partial charge in [-0.05, 0) is 53.6 Å². The SMILES string of the molecule is C=CCNC(=O)C(=O)C(CCC)NC(=O)[C@@H]1[C@@H]2[C@H](CN1C(=O)[C@@H](C)C1Cc3ccccc3C1)C2(C)C. The summed E-state index contributed by atoms with van der Waals surface area (Å²) in [6.07, 6.45) is 4.24. The van der Waals surface area contributed by atoms with Crippen LogP contribution in [0.4, 0.5) is 0 Å². The number of hydrogen-bond acceptors (Lipinski definition) is 4. The summed E-state index contributed by atoms with van der Waals surface area (Å²) in [7, 11) is 0. The van der Waals surface area contributed by atoms with E-state index in [0.717, 1.165) is 12.8 Å². The third kappa shape index (κ3) is 4.72. The molecular formula is C29H39N3O4. The molecule has 3 amide bonds. The van der Waals surface area contributed by atoms with Gasteiger partial charge in [0.05, 0.1) is 6.04 Å². The van der Waals surface area contributed by atoms with E-state index < -0.39 is 23.8 Å². The lowest BCUT2D eigenvalue weighted by Gasteiger charge is -2.34. The molecule has 7 heteroatoms. The van der Waals surface area contributed by atoms with Crippen LogP contribution < -0.4 is 10.6 Å². The van der Waals surface area contributed by atoms with Crippen LogP contribution >= 0.6 is 0 Å². The summed E-state index contributed by atoms with van der Waals surface area (Å²) < 4.78 is 0. The molecule has 7 nitrogen and oxygen atoms in total. The number of likely N-dealkylation sites (tertiary alicyclic amines) is 1. The van der Waals surface area contributed by atoms with Crippen LogP contribution in [0.15, 0.2) is 36.9 Å². The molecule has 2 N–H and O–H groups in total. The fourth-order valence-corrected chi connectivity index (χ4v) is 6.45. The molecule has 1 saturated heterocycles. The van der Waals surface area contributed by atoms with Gasteiger partial charge in [0.15, 0.2) is 0 Å². The number of ketones is 1.